The lowest BCUT2D eigenvalue weighted by Crippen LogP contribution is -2.26. The van der Waals surface area contributed by atoms with Gasteiger partial charge in [0, 0.05) is 18.4 Å². The fraction of sp³-hybridized carbons (Fsp3) is 0.889. The van der Waals surface area contributed by atoms with E-state index < -0.39 is 30.7 Å². The number of carbonyl (C=O) groups is 1. The van der Waals surface area contributed by atoms with Crippen LogP contribution in [0.3, 0.4) is 0 Å². The SMILES string of the molecule is CCS(=O)(=O)CCCC(=O)C(C)S(C)(=O)=O. The third kappa shape index (κ3) is 5.60. The first kappa shape index (κ1) is 15.6. The predicted molar refractivity (Wildman–Crippen MR) is 62.9 cm³/mol. The van der Waals surface area contributed by atoms with Gasteiger partial charge in [-0.15, -0.1) is 0 Å². The molecule has 0 aliphatic rings. The van der Waals surface area contributed by atoms with Crippen LogP contribution >= 0.6 is 0 Å². The van der Waals surface area contributed by atoms with Gasteiger partial charge in [-0.25, -0.2) is 16.8 Å². The molecule has 0 rings (SSSR count). The molecule has 0 aliphatic heterocycles. The Labute approximate surface area is 97.1 Å². The third-order valence-corrected chi connectivity index (χ3v) is 5.75. The van der Waals surface area contributed by atoms with E-state index in [4.69, 9.17) is 0 Å². The quantitative estimate of drug-likeness (QED) is 0.660. The summed E-state index contributed by atoms with van der Waals surface area (Å²) in [5.74, 6) is -0.442. The maximum Gasteiger partial charge on any atom is 0.157 e. The van der Waals surface area contributed by atoms with Gasteiger partial charge in [0.25, 0.3) is 0 Å². The highest BCUT2D eigenvalue weighted by Crippen LogP contribution is 2.06. The van der Waals surface area contributed by atoms with Crippen molar-refractivity contribution in [2.75, 3.05) is 17.8 Å². The van der Waals surface area contributed by atoms with Crippen LogP contribution in [0.2, 0.25) is 0 Å². The molecule has 0 heterocycles. The van der Waals surface area contributed by atoms with Gasteiger partial charge in [0.1, 0.15) is 15.1 Å². The number of Topliss-reactive ketones (excluding diaryl/α,β-unsaturated/α-hetero) is 1. The molecule has 0 radical (unpaired) electrons. The van der Waals surface area contributed by atoms with Gasteiger partial charge in [-0.2, -0.15) is 0 Å². The molecule has 0 aliphatic carbocycles. The Morgan fingerprint density at radius 1 is 1.19 bits per heavy atom. The minimum Gasteiger partial charge on any atom is -0.298 e. The molecule has 7 heteroatoms. The lowest BCUT2D eigenvalue weighted by molar-refractivity contribution is -0.118. The fourth-order valence-corrected chi connectivity index (χ4v) is 2.52. The largest absolute Gasteiger partial charge is 0.298 e. The summed E-state index contributed by atoms with van der Waals surface area (Å²) in [4.78, 5) is 11.4. The Bertz CT molecular complexity index is 433. The second-order valence-corrected chi connectivity index (χ2v) is 8.62. The molecule has 0 fully saturated rings. The van der Waals surface area contributed by atoms with Crippen molar-refractivity contribution in [3.8, 4) is 0 Å². The van der Waals surface area contributed by atoms with Gasteiger partial charge in [-0.1, -0.05) is 6.92 Å². The van der Waals surface area contributed by atoms with Crippen LogP contribution in [0.25, 0.3) is 0 Å². The van der Waals surface area contributed by atoms with Crippen LogP contribution in [0.5, 0.6) is 0 Å². The lowest BCUT2D eigenvalue weighted by atomic mass is 10.2. The maximum absolute atomic E-state index is 11.4. The van der Waals surface area contributed by atoms with E-state index in [9.17, 15) is 21.6 Å². The molecular weight excluding hydrogens is 252 g/mol. The summed E-state index contributed by atoms with van der Waals surface area (Å²) in [6.07, 6.45) is 1.18. The zero-order valence-electron chi connectivity index (χ0n) is 9.76. The maximum atomic E-state index is 11.4. The first-order valence-corrected chi connectivity index (χ1v) is 8.79. The number of hydrogen-bond donors (Lipinski definition) is 0. The predicted octanol–water partition coefficient (Wildman–Crippen LogP) is 0.204. The lowest BCUT2D eigenvalue weighted by Gasteiger charge is -2.07. The average Bonchev–Trinajstić information content (AvgIpc) is 2.14. The summed E-state index contributed by atoms with van der Waals surface area (Å²) in [7, 11) is -6.45. The van der Waals surface area contributed by atoms with E-state index in [-0.39, 0.29) is 24.3 Å². The standard InChI is InChI=1S/C9H18O5S2/c1-4-16(13,14)7-5-6-9(10)8(2)15(3,11)12/h8H,4-7H2,1-3H3. The van der Waals surface area contributed by atoms with Crippen molar-refractivity contribution >= 4 is 25.5 Å². The van der Waals surface area contributed by atoms with Crippen molar-refractivity contribution in [1.29, 1.82) is 0 Å². The second-order valence-electron chi connectivity index (χ2n) is 3.78. The van der Waals surface area contributed by atoms with E-state index in [1.54, 1.807) is 0 Å². The Balaban J connectivity index is 4.21. The molecule has 0 aromatic heterocycles. The van der Waals surface area contributed by atoms with Crippen LogP contribution < -0.4 is 0 Å². The van der Waals surface area contributed by atoms with Gasteiger partial charge in [0.2, 0.25) is 0 Å². The Morgan fingerprint density at radius 2 is 1.69 bits per heavy atom. The van der Waals surface area contributed by atoms with Crippen molar-refractivity contribution in [2.24, 2.45) is 0 Å². The highest BCUT2D eigenvalue weighted by Gasteiger charge is 2.23. The summed E-state index contributed by atoms with van der Waals surface area (Å²) in [5, 5.41) is -1.04. The minimum atomic E-state index is -3.37. The molecule has 0 saturated heterocycles. The minimum absolute atomic E-state index is 0.00648. The Kier molecular flexibility index (Phi) is 5.61. The smallest absolute Gasteiger partial charge is 0.157 e. The van der Waals surface area contributed by atoms with Crippen LogP contribution in [-0.2, 0) is 24.5 Å². The van der Waals surface area contributed by atoms with E-state index in [1.807, 2.05) is 0 Å². The van der Waals surface area contributed by atoms with Gasteiger partial charge in [0.05, 0.1) is 5.75 Å². The van der Waals surface area contributed by atoms with Gasteiger partial charge in [-0.05, 0) is 13.3 Å². The van der Waals surface area contributed by atoms with E-state index in [0.29, 0.717) is 0 Å². The normalized spacial score (nSPS) is 14.7. The Hall–Kier alpha value is -0.430. The molecular formula is C9H18O5S2. The number of rotatable bonds is 7. The second kappa shape index (κ2) is 5.77. The molecule has 0 aromatic rings. The molecule has 0 N–H and O–H groups in total. The summed E-state index contributed by atoms with van der Waals surface area (Å²) < 4.78 is 44.3. The number of sulfone groups is 2. The first-order valence-electron chi connectivity index (χ1n) is 5.02. The highest BCUT2D eigenvalue weighted by molar-refractivity contribution is 7.92. The van der Waals surface area contributed by atoms with Crippen molar-refractivity contribution in [1.82, 2.24) is 0 Å². The monoisotopic (exact) mass is 270 g/mol. The summed E-state index contributed by atoms with van der Waals surface area (Å²) in [6.45, 7) is 2.86. The molecule has 96 valence electrons. The topological polar surface area (TPSA) is 85.3 Å². The molecule has 1 unspecified atom stereocenters. The molecule has 0 saturated carbocycles. The van der Waals surface area contributed by atoms with Gasteiger partial charge < -0.3 is 0 Å². The number of hydrogen-bond acceptors (Lipinski definition) is 5. The van der Waals surface area contributed by atoms with Crippen LogP contribution in [-0.4, -0.2) is 45.6 Å². The number of carbonyl (C=O) groups excluding carboxylic acids is 1. The van der Waals surface area contributed by atoms with Crippen LogP contribution in [0.15, 0.2) is 0 Å². The van der Waals surface area contributed by atoms with Crippen LogP contribution in [0.4, 0.5) is 0 Å². The average molecular weight is 270 g/mol. The van der Waals surface area contributed by atoms with E-state index in [0.717, 1.165) is 6.26 Å². The van der Waals surface area contributed by atoms with E-state index in [1.165, 1.54) is 13.8 Å². The molecule has 16 heavy (non-hydrogen) atoms. The van der Waals surface area contributed by atoms with Gasteiger partial charge >= 0.3 is 0 Å². The third-order valence-electron chi connectivity index (χ3n) is 2.41. The summed E-state index contributed by atoms with van der Waals surface area (Å²) in [5.41, 5.74) is 0. The zero-order valence-corrected chi connectivity index (χ0v) is 11.4. The van der Waals surface area contributed by atoms with Gasteiger partial charge in [0.15, 0.2) is 15.6 Å². The van der Waals surface area contributed by atoms with Crippen molar-refractivity contribution in [3.05, 3.63) is 0 Å². The van der Waals surface area contributed by atoms with Crippen molar-refractivity contribution in [2.45, 2.75) is 31.9 Å². The zero-order chi connectivity index (χ0) is 13.0. The molecule has 0 amide bonds. The molecule has 1 atom stereocenters. The van der Waals surface area contributed by atoms with Crippen LogP contribution in [0.1, 0.15) is 26.7 Å². The summed E-state index contributed by atoms with van der Waals surface area (Å²) >= 11 is 0. The summed E-state index contributed by atoms with van der Waals surface area (Å²) in [6, 6.07) is 0. The van der Waals surface area contributed by atoms with Crippen molar-refractivity contribution in [3.63, 3.8) is 0 Å². The van der Waals surface area contributed by atoms with Gasteiger partial charge in [-0.3, -0.25) is 4.79 Å². The van der Waals surface area contributed by atoms with E-state index in [2.05, 4.69) is 0 Å². The fourth-order valence-electron chi connectivity index (χ4n) is 1.05. The molecule has 0 spiro atoms. The Morgan fingerprint density at radius 3 is 2.06 bits per heavy atom. The molecule has 0 bridgehead atoms. The number of ketones is 1. The highest BCUT2D eigenvalue weighted by atomic mass is 32.2. The first-order chi connectivity index (χ1) is 7.10. The van der Waals surface area contributed by atoms with Crippen LogP contribution in [0, 0.1) is 0 Å². The molecule has 5 nitrogen and oxygen atoms in total. The molecule has 0 aromatic carbocycles. The van der Waals surface area contributed by atoms with E-state index >= 15 is 0 Å². The van der Waals surface area contributed by atoms with Crippen molar-refractivity contribution < 1.29 is 21.6 Å².